The quantitative estimate of drug-likeness (QED) is 0.375. The van der Waals surface area contributed by atoms with Gasteiger partial charge in [-0.15, -0.1) is 0 Å². The molecule has 0 atom stereocenters. The Morgan fingerprint density at radius 2 is 1.33 bits per heavy atom. The highest BCUT2D eigenvalue weighted by molar-refractivity contribution is 5.61. The molecule has 0 heterocycles. The number of nitrogens with zero attached hydrogens (tertiary/aromatic N) is 2. The standard InChI is InChI=1S/C20H20N2O2/c1-2-3-4-9-16(17-10-5-7-12-19(17)21-14-23)18-11-6-8-13-20(18)22-15-24/h5-8,10-13,16H,2-4,9H2,1H3. The summed E-state index contributed by atoms with van der Waals surface area (Å²) in [5.41, 5.74) is 3.12. The Labute approximate surface area is 142 Å². The Bertz CT molecular complexity index is 711. The lowest BCUT2D eigenvalue weighted by atomic mass is 9.85. The van der Waals surface area contributed by atoms with Gasteiger partial charge in [0.05, 0.1) is 11.4 Å². The Morgan fingerprint density at radius 1 is 0.833 bits per heavy atom. The van der Waals surface area contributed by atoms with Crippen molar-refractivity contribution in [1.29, 1.82) is 0 Å². The molecule has 0 bridgehead atoms. The van der Waals surface area contributed by atoms with Gasteiger partial charge in [-0.2, -0.15) is 9.98 Å². The summed E-state index contributed by atoms with van der Waals surface area (Å²) in [5, 5.41) is 0. The third kappa shape index (κ3) is 4.36. The number of para-hydroxylation sites is 2. The first-order valence-corrected chi connectivity index (χ1v) is 8.15. The van der Waals surface area contributed by atoms with E-state index in [0.717, 1.165) is 36.8 Å². The summed E-state index contributed by atoms with van der Waals surface area (Å²) in [6, 6.07) is 15.1. The highest BCUT2D eigenvalue weighted by atomic mass is 16.1. The fourth-order valence-corrected chi connectivity index (χ4v) is 2.94. The van der Waals surface area contributed by atoms with Gasteiger partial charge in [0.15, 0.2) is 0 Å². The van der Waals surface area contributed by atoms with Crippen LogP contribution >= 0.6 is 0 Å². The third-order valence-electron chi connectivity index (χ3n) is 4.05. The van der Waals surface area contributed by atoms with E-state index >= 15 is 0 Å². The maximum Gasteiger partial charge on any atom is 0.240 e. The van der Waals surface area contributed by atoms with Gasteiger partial charge in [-0.1, -0.05) is 62.6 Å². The molecule has 2 rings (SSSR count). The van der Waals surface area contributed by atoms with E-state index in [1.165, 1.54) is 0 Å². The average Bonchev–Trinajstić information content (AvgIpc) is 2.61. The number of unbranched alkanes of at least 4 members (excludes halogenated alkanes) is 2. The minimum absolute atomic E-state index is 0.0122. The molecule has 0 fully saturated rings. The summed E-state index contributed by atoms with van der Waals surface area (Å²) in [5.74, 6) is 0.0122. The van der Waals surface area contributed by atoms with Gasteiger partial charge in [-0.05, 0) is 29.7 Å². The molecule has 2 aromatic carbocycles. The Balaban J connectivity index is 2.54. The number of rotatable bonds is 8. The van der Waals surface area contributed by atoms with E-state index in [-0.39, 0.29) is 5.92 Å². The monoisotopic (exact) mass is 320 g/mol. The lowest BCUT2D eigenvalue weighted by Gasteiger charge is -2.20. The second kappa shape index (κ2) is 9.36. The number of carbonyl (C=O) groups excluding carboxylic acids is 2. The molecule has 0 saturated heterocycles. The topological polar surface area (TPSA) is 58.9 Å². The molecule has 122 valence electrons. The molecule has 0 N–H and O–H groups in total. The molecule has 0 aliphatic carbocycles. The third-order valence-corrected chi connectivity index (χ3v) is 4.05. The summed E-state index contributed by atoms with van der Waals surface area (Å²) in [4.78, 5) is 29.2. The first kappa shape index (κ1) is 17.6. The minimum Gasteiger partial charge on any atom is -0.211 e. The van der Waals surface area contributed by atoms with E-state index in [1.807, 2.05) is 36.4 Å². The molecule has 2 aromatic rings. The van der Waals surface area contributed by atoms with Crippen molar-refractivity contribution in [2.45, 2.75) is 38.5 Å². The molecule has 4 heteroatoms. The number of aliphatic imine (C=N–C) groups is 2. The molecule has 0 unspecified atom stereocenters. The zero-order chi connectivity index (χ0) is 17.2. The van der Waals surface area contributed by atoms with Crippen molar-refractivity contribution in [1.82, 2.24) is 0 Å². The fraction of sp³-hybridized carbons (Fsp3) is 0.300. The molecule has 0 aliphatic rings. The Kier molecular flexibility index (Phi) is 6.85. The van der Waals surface area contributed by atoms with Gasteiger partial charge in [0.2, 0.25) is 12.2 Å². The minimum atomic E-state index is 0.0122. The van der Waals surface area contributed by atoms with Gasteiger partial charge in [-0.3, -0.25) is 0 Å². The normalized spacial score (nSPS) is 11.2. The van der Waals surface area contributed by atoms with Crippen LogP contribution in [0.3, 0.4) is 0 Å². The molecule has 4 nitrogen and oxygen atoms in total. The highest BCUT2D eigenvalue weighted by Crippen LogP contribution is 2.39. The second-order valence-electron chi connectivity index (χ2n) is 5.57. The van der Waals surface area contributed by atoms with E-state index in [1.54, 1.807) is 24.3 Å². The molecule has 0 aromatic heterocycles. The fourth-order valence-electron chi connectivity index (χ4n) is 2.94. The number of isocyanates is 2. The van der Waals surface area contributed by atoms with E-state index in [4.69, 9.17) is 0 Å². The zero-order valence-corrected chi connectivity index (χ0v) is 13.7. The summed E-state index contributed by atoms with van der Waals surface area (Å²) in [6.07, 6.45) is 7.43. The van der Waals surface area contributed by atoms with Crippen LogP contribution < -0.4 is 0 Å². The Hall–Kier alpha value is -2.80. The van der Waals surface area contributed by atoms with Crippen molar-refractivity contribution < 1.29 is 9.59 Å². The largest absolute Gasteiger partial charge is 0.240 e. The zero-order valence-electron chi connectivity index (χ0n) is 13.7. The van der Waals surface area contributed by atoms with Crippen molar-refractivity contribution in [3.63, 3.8) is 0 Å². The smallest absolute Gasteiger partial charge is 0.211 e. The molecule has 0 amide bonds. The first-order valence-electron chi connectivity index (χ1n) is 8.15. The lowest BCUT2D eigenvalue weighted by molar-refractivity contribution is 0.564. The SMILES string of the molecule is CCCCCC(c1ccccc1N=C=O)c1ccccc1N=C=O. The summed E-state index contributed by atoms with van der Waals surface area (Å²) in [7, 11) is 0. The number of benzene rings is 2. The summed E-state index contributed by atoms with van der Waals surface area (Å²) in [6.45, 7) is 2.16. The van der Waals surface area contributed by atoms with Gasteiger partial charge in [0, 0.05) is 5.92 Å². The number of hydrogen-bond acceptors (Lipinski definition) is 4. The van der Waals surface area contributed by atoms with Crippen LogP contribution in [0, 0.1) is 0 Å². The maximum absolute atomic E-state index is 10.8. The molecule has 0 spiro atoms. The van der Waals surface area contributed by atoms with Crippen LogP contribution in [-0.2, 0) is 9.59 Å². The van der Waals surface area contributed by atoms with Crippen LogP contribution in [-0.4, -0.2) is 12.2 Å². The summed E-state index contributed by atoms with van der Waals surface area (Å²) < 4.78 is 0. The van der Waals surface area contributed by atoms with E-state index in [9.17, 15) is 9.59 Å². The van der Waals surface area contributed by atoms with Crippen LogP contribution in [0.2, 0.25) is 0 Å². The van der Waals surface area contributed by atoms with Crippen LogP contribution in [0.5, 0.6) is 0 Å². The molecular weight excluding hydrogens is 300 g/mol. The molecule has 0 saturated carbocycles. The number of hydrogen-bond donors (Lipinski definition) is 0. The Morgan fingerprint density at radius 3 is 1.79 bits per heavy atom. The molecular formula is C20H20N2O2. The van der Waals surface area contributed by atoms with Gasteiger partial charge in [0.25, 0.3) is 0 Å². The summed E-state index contributed by atoms with van der Waals surface area (Å²) >= 11 is 0. The first-order chi connectivity index (χ1) is 11.8. The maximum atomic E-state index is 10.8. The van der Waals surface area contributed by atoms with Gasteiger partial charge in [-0.25, -0.2) is 9.59 Å². The van der Waals surface area contributed by atoms with Crippen LogP contribution in [0.25, 0.3) is 0 Å². The van der Waals surface area contributed by atoms with Crippen LogP contribution in [0.1, 0.15) is 49.7 Å². The van der Waals surface area contributed by atoms with Crippen molar-refractivity contribution in [2.24, 2.45) is 9.98 Å². The molecule has 24 heavy (non-hydrogen) atoms. The van der Waals surface area contributed by atoms with Crippen LogP contribution in [0.15, 0.2) is 58.5 Å². The van der Waals surface area contributed by atoms with Crippen molar-refractivity contribution in [3.8, 4) is 0 Å². The van der Waals surface area contributed by atoms with Crippen molar-refractivity contribution in [2.75, 3.05) is 0 Å². The molecule has 0 radical (unpaired) electrons. The lowest BCUT2D eigenvalue weighted by Crippen LogP contribution is -2.02. The predicted octanol–water partition coefficient (Wildman–Crippen LogP) is 5.33. The van der Waals surface area contributed by atoms with Crippen LogP contribution in [0.4, 0.5) is 11.4 Å². The molecule has 0 aliphatic heterocycles. The van der Waals surface area contributed by atoms with Gasteiger partial charge >= 0.3 is 0 Å². The van der Waals surface area contributed by atoms with Gasteiger partial charge in [0.1, 0.15) is 0 Å². The highest BCUT2D eigenvalue weighted by Gasteiger charge is 2.20. The second-order valence-corrected chi connectivity index (χ2v) is 5.57. The van der Waals surface area contributed by atoms with E-state index in [2.05, 4.69) is 16.9 Å². The predicted molar refractivity (Wildman–Crippen MR) is 94.4 cm³/mol. The van der Waals surface area contributed by atoms with Gasteiger partial charge < -0.3 is 0 Å². The van der Waals surface area contributed by atoms with Crippen molar-refractivity contribution in [3.05, 3.63) is 59.7 Å². The van der Waals surface area contributed by atoms with E-state index < -0.39 is 0 Å². The van der Waals surface area contributed by atoms with E-state index in [0.29, 0.717) is 11.4 Å². The van der Waals surface area contributed by atoms with Crippen molar-refractivity contribution >= 4 is 23.5 Å². The average molecular weight is 320 g/mol.